The smallest absolute Gasteiger partial charge is 0.407 e. The maximum atomic E-state index is 13.9. The lowest BCUT2D eigenvalue weighted by atomic mass is 9.95. The van der Waals surface area contributed by atoms with Gasteiger partial charge in [0.2, 0.25) is 5.91 Å². The molecule has 1 aliphatic heterocycles. The minimum atomic E-state index is -0.729. The number of ether oxygens (including phenoxy) is 1. The Morgan fingerprint density at radius 3 is 2.06 bits per heavy atom. The van der Waals surface area contributed by atoms with Crippen LogP contribution in [0.3, 0.4) is 0 Å². The van der Waals surface area contributed by atoms with E-state index in [4.69, 9.17) is 4.74 Å². The van der Waals surface area contributed by atoms with Gasteiger partial charge in [0.05, 0.1) is 23.9 Å². The van der Waals surface area contributed by atoms with E-state index in [1.165, 1.54) is 0 Å². The summed E-state index contributed by atoms with van der Waals surface area (Å²) < 4.78 is 5.62. The summed E-state index contributed by atoms with van der Waals surface area (Å²) in [5.41, 5.74) is 3.04. The average Bonchev–Trinajstić information content (AvgIpc) is 3.78. The van der Waals surface area contributed by atoms with Crippen molar-refractivity contribution < 1.29 is 19.1 Å². The second-order valence-electron chi connectivity index (χ2n) is 13.8. The molecule has 4 unspecified atom stereocenters. The molecule has 2 heterocycles. The minimum absolute atomic E-state index is 0.140. The van der Waals surface area contributed by atoms with E-state index in [9.17, 15) is 14.4 Å². The van der Waals surface area contributed by atoms with Crippen molar-refractivity contribution >= 4 is 29.4 Å². The van der Waals surface area contributed by atoms with Crippen molar-refractivity contribution in [1.82, 2.24) is 31.2 Å². The normalized spacial score (nSPS) is 16.2. The Morgan fingerprint density at radius 1 is 0.918 bits per heavy atom. The van der Waals surface area contributed by atoms with Crippen LogP contribution in [0.15, 0.2) is 66.0 Å². The summed E-state index contributed by atoms with van der Waals surface area (Å²) in [4.78, 5) is 46.2. The van der Waals surface area contributed by atoms with E-state index in [0.717, 1.165) is 41.3 Å². The number of urea groups is 1. The number of nitrogens with one attached hydrogen (secondary N) is 4. The summed E-state index contributed by atoms with van der Waals surface area (Å²) in [6.45, 7) is 10.6. The lowest BCUT2D eigenvalue weighted by molar-refractivity contribution is -0.124. The first-order chi connectivity index (χ1) is 23.6. The van der Waals surface area contributed by atoms with Crippen LogP contribution in [-0.4, -0.2) is 72.8 Å². The van der Waals surface area contributed by atoms with Crippen LogP contribution in [0.4, 0.5) is 9.59 Å². The number of nitrogens with zero attached hydrogens (tertiary/aromatic N) is 2. The Bertz CT molecular complexity index is 1440. The second-order valence-corrected chi connectivity index (χ2v) is 14.7. The molecular formula is C38H54N6O4S. The fourth-order valence-electron chi connectivity index (χ4n) is 5.95. The van der Waals surface area contributed by atoms with Crippen LogP contribution < -0.4 is 21.3 Å². The molecular weight excluding hydrogens is 637 g/mol. The first-order valence-corrected chi connectivity index (χ1v) is 18.4. The largest absolute Gasteiger partial charge is 0.449 e. The predicted octanol–water partition coefficient (Wildman–Crippen LogP) is 5.89. The molecule has 266 valence electrons. The van der Waals surface area contributed by atoms with Gasteiger partial charge in [-0.25, -0.2) is 14.6 Å². The molecule has 1 saturated heterocycles. The highest BCUT2D eigenvalue weighted by atomic mass is 32.1. The van der Waals surface area contributed by atoms with Crippen molar-refractivity contribution in [2.75, 3.05) is 26.7 Å². The Kier molecular flexibility index (Phi) is 14.9. The highest BCUT2D eigenvalue weighted by Gasteiger charge is 2.28. The Labute approximate surface area is 295 Å². The molecule has 3 aromatic rings. The zero-order valence-electron chi connectivity index (χ0n) is 29.6. The van der Waals surface area contributed by atoms with E-state index in [0.29, 0.717) is 50.7 Å². The van der Waals surface area contributed by atoms with Gasteiger partial charge >= 0.3 is 12.1 Å². The zero-order valence-corrected chi connectivity index (χ0v) is 30.4. The number of carbonyl (C=O) groups is 3. The molecule has 0 radical (unpaired) electrons. The molecule has 0 saturated carbocycles. The first kappa shape index (κ1) is 37.9. The number of thiazole rings is 1. The van der Waals surface area contributed by atoms with Crippen LogP contribution in [-0.2, 0) is 28.9 Å². The topological polar surface area (TPSA) is 125 Å². The summed E-state index contributed by atoms with van der Waals surface area (Å²) in [5.74, 6) is 0.292. The number of hydrogen-bond acceptors (Lipinski definition) is 7. The molecule has 1 fully saturated rings. The number of carbonyl (C=O) groups excluding carboxylic acids is 3. The molecule has 4 rings (SSSR count). The van der Waals surface area contributed by atoms with Gasteiger partial charge in [0, 0.05) is 42.9 Å². The number of benzene rings is 2. The number of rotatable bonds is 17. The first-order valence-electron chi connectivity index (χ1n) is 17.6. The van der Waals surface area contributed by atoms with E-state index >= 15 is 0 Å². The molecule has 4 atom stereocenters. The number of aromatic nitrogens is 1. The van der Waals surface area contributed by atoms with Crippen LogP contribution in [0.5, 0.6) is 0 Å². The summed E-state index contributed by atoms with van der Waals surface area (Å²) in [5, 5.41) is 15.7. The quantitative estimate of drug-likeness (QED) is 0.140. The van der Waals surface area contributed by atoms with Crippen molar-refractivity contribution in [2.45, 2.75) is 90.4 Å². The molecule has 11 heteroatoms. The van der Waals surface area contributed by atoms with Gasteiger partial charge < -0.3 is 30.9 Å². The molecule has 4 N–H and O–H groups in total. The third kappa shape index (κ3) is 12.8. The molecule has 1 aromatic heterocycles. The number of alkyl carbamates (subject to hydrolysis) is 1. The lowest BCUT2D eigenvalue weighted by Crippen LogP contribution is -2.54. The van der Waals surface area contributed by atoms with E-state index in [1.807, 2.05) is 67.8 Å². The highest BCUT2D eigenvalue weighted by Crippen LogP contribution is 2.20. The van der Waals surface area contributed by atoms with Crippen molar-refractivity contribution in [3.05, 3.63) is 87.9 Å². The highest BCUT2D eigenvalue weighted by molar-refractivity contribution is 7.09. The van der Waals surface area contributed by atoms with Gasteiger partial charge in [-0.1, -0.05) is 88.4 Å². The van der Waals surface area contributed by atoms with Crippen LogP contribution in [0, 0.1) is 11.8 Å². The fraction of sp³-hybridized carbons (Fsp3) is 0.526. The predicted molar refractivity (Wildman–Crippen MR) is 196 cm³/mol. The van der Waals surface area contributed by atoms with Gasteiger partial charge in [-0.15, -0.1) is 11.3 Å². The third-order valence-corrected chi connectivity index (χ3v) is 10.0. The SMILES string of the molecule is CC(C)c1nc(CN(C)C(=O)NC(C(=O)NC(CCC(Cc2ccccc2)NC(=O)OCC2CCNC2)Cc2ccccc2)C(C)C)cs1. The fourth-order valence-corrected chi connectivity index (χ4v) is 6.78. The molecule has 2 aromatic carbocycles. The van der Waals surface area contributed by atoms with Gasteiger partial charge in [0.15, 0.2) is 0 Å². The number of amides is 4. The average molecular weight is 691 g/mol. The summed E-state index contributed by atoms with van der Waals surface area (Å²) in [6.07, 6.45) is 3.08. The monoisotopic (exact) mass is 690 g/mol. The lowest BCUT2D eigenvalue weighted by Gasteiger charge is -2.28. The maximum Gasteiger partial charge on any atom is 0.407 e. The summed E-state index contributed by atoms with van der Waals surface area (Å²) >= 11 is 1.59. The zero-order chi connectivity index (χ0) is 35.2. The van der Waals surface area contributed by atoms with Crippen LogP contribution in [0.25, 0.3) is 0 Å². The van der Waals surface area contributed by atoms with E-state index in [2.05, 4.69) is 52.2 Å². The maximum absolute atomic E-state index is 13.9. The van der Waals surface area contributed by atoms with Crippen LogP contribution >= 0.6 is 11.3 Å². The van der Waals surface area contributed by atoms with Crippen LogP contribution in [0.1, 0.15) is 74.7 Å². The number of hydrogen-bond donors (Lipinski definition) is 4. The summed E-state index contributed by atoms with van der Waals surface area (Å²) in [7, 11) is 1.72. The standard InChI is InChI=1S/C38H54N6O4S/c1-26(2)34(43-37(46)44(5)23-33-25-49-36(41-33)27(3)4)35(45)40-31(20-28-12-8-6-9-13-28)16-17-32(21-29-14-10-7-11-15-29)42-38(47)48-24-30-18-19-39-22-30/h6-15,25-27,30-32,34,39H,16-24H2,1-5H3,(H,40,45)(H,42,47)(H,43,46). The van der Waals surface area contributed by atoms with Crippen molar-refractivity contribution in [3.8, 4) is 0 Å². The van der Waals surface area contributed by atoms with E-state index < -0.39 is 12.1 Å². The van der Waals surface area contributed by atoms with Crippen LogP contribution in [0.2, 0.25) is 0 Å². The Balaban J connectivity index is 1.41. The van der Waals surface area contributed by atoms with Gasteiger partial charge in [0.1, 0.15) is 6.04 Å². The molecule has 0 spiro atoms. The van der Waals surface area contributed by atoms with Gasteiger partial charge in [-0.2, -0.15) is 0 Å². The minimum Gasteiger partial charge on any atom is -0.449 e. The molecule has 1 aliphatic rings. The summed E-state index contributed by atoms with van der Waals surface area (Å²) in [6, 6.07) is 18.6. The van der Waals surface area contributed by atoms with Crippen molar-refractivity contribution in [2.24, 2.45) is 11.8 Å². The third-order valence-electron chi connectivity index (χ3n) is 8.83. The van der Waals surface area contributed by atoms with Gasteiger partial charge in [-0.3, -0.25) is 4.79 Å². The molecule has 0 bridgehead atoms. The van der Waals surface area contributed by atoms with Crippen molar-refractivity contribution in [3.63, 3.8) is 0 Å². The molecule has 49 heavy (non-hydrogen) atoms. The molecule has 0 aliphatic carbocycles. The van der Waals surface area contributed by atoms with E-state index in [-0.39, 0.29) is 29.9 Å². The Hall–Kier alpha value is -3.96. The second kappa shape index (κ2) is 19.3. The van der Waals surface area contributed by atoms with Gasteiger partial charge in [-0.05, 0) is 55.7 Å². The van der Waals surface area contributed by atoms with Crippen molar-refractivity contribution in [1.29, 1.82) is 0 Å². The Morgan fingerprint density at radius 2 is 1.53 bits per heavy atom. The molecule has 4 amide bonds. The molecule has 10 nitrogen and oxygen atoms in total. The van der Waals surface area contributed by atoms with E-state index in [1.54, 1.807) is 23.3 Å². The van der Waals surface area contributed by atoms with Gasteiger partial charge in [0.25, 0.3) is 0 Å².